The van der Waals surface area contributed by atoms with Gasteiger partial charge in [0.1, 0.15) is 6.54 Å². The van der Waals surface area contributed by atoms with E-state index in [1.807, 2.05) is 0 Å². The van der Waals surface area contributed by atoms with Gasteiger partial charge >= 0.3 is 5.97 Å². The third-order valence-corrected chi connectivity index (χ3v) is 4.19. The Morgan fingerprint density at radius 1 is 1.23 bits per heavy atom. The van der Waals surface area contributed by atoms with Crippen LogP contribution >= 0.6 is 0 Å². The summed E-state index contributed by atoms with van der Waals surface area (Å²) in [6, 6.07) is 5.06. The summed E-state index contributed by atoms with van der Waals surface area (Å²) in [6.45, 7) is 2.88. The van der Waals surface area contributed by atoms with Gasteiger partial charge in [0.15, 0.2) is 5.78 Å². The first kappa shape index (κ1) is 16.2. The molecule has 0 spiro atoms. The molecule has 22 heavy (non-hydrogen) atoms. The minimum atomic E-state index is -1.03. The Kier molecular flexibility index (Phi) is 4.96. The van der Waals surface area contributed by atoms with E-state index in [4.69, 9.17) is 5.11 Å². The lowest BCUT2D eigenvalue weighted by molar-refractivity contribution is -0.138. The quantitative estimate of drug-likeness (QED) is 0.849. The van der Waals surface area contributed by atoms with Crippen LogP contribution in [0.2, 0.25) is 0 Å². The number of hydrogen-bond acceptors (Lipinski definition) is 3. The maximum absolute atomic E-state index is 12.9. The van der Waals surface area contributed by atoms with Gasteiger partial charge in [0, 0.05) is 11.6 Å². The summed E-state index contributed by atoms with van der Waals surface area (Å²) in [5.74, 6) is -1.57. The fourth-order valence-corrected chi connectivity index (χ4v) is 3.20. The van der Waals surface area contributed by atoms with Crippen molar-refractivity contribution in [2.45, 2.75) is 45.6 Å². The van der Waals surface area contributed by atoms with Crippen molar-refractivity contribution in [2.75, 3.05) is 6.54 Å². The topological polar surface area (TPSA) is 74.7 Å². The molecule has 118 valence electrons. The number of carboxylic acid groups (broad SMARTS) is 1. The second-order valence-electron chi connectivity index (χ2n) is 5.82. The normalized spacial score (nSPS) is 14.8. The van der Waals surface area contributed by atoms with E-state index in [2.05, 4.69) is 0 Å². The largest absolute Gasteiger partial charge is 0.480 e. The standard InChI is InChI=1S/C17H21NO4/c1-11-6-5-9-14(16(11)12(2)19)17(22)18(10-15(20)21)13-7-3-4-8-13/h5-6,9,13H,3-4,7-8,10H2,1-2H3,(H,20,21). The van der Waals surface area contributed by atoms with Crippen LogP contribution in [-0.4, -0.2) is 40.3 Å². The number of aryl methyl sites for hydroxylation is 1. The monoisotopic (exact) mass is 303 g/mol. The van der Waals surface area contributed by atoms with Gasteiger partial charge in [0.05, 0.1) is 5.56 Å². The molecule has 0 heterocycles. The van der Waals surface area contributed by atoms with E-state index in [0.29, 0.717) is 11.1 Å². The number of ketones is 1. The van der Waals surface area contributed by atoms with Gasteiger partial charge in [-0.2, -0.15) is 0 Å². The van der Waals surface area contributed by atoms with Crippen molar-refractivity contribution in [3.63, 3.8) is 0 Å². The maximum atomic E-state index is 12.9. The van der Waals surface area contributed by atoms with Gasteiger partial charge in [-0.1, -0.05) is 25.0 Å². The van der Waals surface area contributed by atoms with Crippen molar-refractivity contribution in [2.24, 2.45) is 0 Å². The second kappa shape index (κ2) is 6.73. The smallest absolute Gasteiger partial charge is 0.323 e. The highest BCUT2D eigenvalue weighted by Gasteiger charge is 2.30. The van der Waals surface area contributed by atoms with Crippen LogP contribution < -0.4 is 0 Å². The van der Waals surface area contributed by atoms with Crippen molar-refractivity contribution < 1.29 is 19.5 Å². The molecule has 2 rings (SSSR count). The summed E-state index contributed by atoms with van der Waals surface area (Å²) in [5, 5.41) is 9.11. The number of carbonyl (C=O) groups is 3. The van der Waals surface area contributed by atoms with Crippen molar-refractivity contribution >= 4 is 17.7 Å². The Morgan fingerprint density at radius 2 is 1.86 bits per heavy atom. The number of hydrogen-bond donors (Lipinski definition) is 1. The second-order valence-corrected chi connectivity index (χ2v) is 5.82. The molecule has 1 aliphatic rings. The molecule has 1 aliphatic carbocycles. The summed E-state index contributed by atoms with van der Waals surface area (Å²) < 4.78 is 0. The lowest BCUT2D eigenvalue weighted by Gasteiger charge is -2.28. The van der Waals surface area contributed by atoms with E-state index in [-0.39, 0.29) is 24.3 Å². The Labute approximate surface area is 129 Å². The van der Waals surface area contributed by atoms with E-state index >= 15 is 0 Å². The van der Waals surface area contributed by atoms with Crippen LogP contribution in [0.5, 0.6) is 0 Å². The molecule has 0 atom stereocenters. The van der Waals surface area contributed by atoms with Crippen molar-refractivity contribution in [1.82, 2.24) is 4.90 Å². The molecule has 0 saturated heterocycles. The molecule has 1 N–H and O–H groups in total. The minimum absolute atomic E-state index is 0.0519. The zero-order valence-corrected chi connectivity index (χ0v) is 13.0. The summed E-state index contributed by atoms with van der Waals surface area (Å²) in [7, 11) is 0. The predicted octanol–water partition coefficient (Wildman–Crippen LogP) is 2.67. The minimum Gasteiger partial charge on any atom is -0.480 e. The van der Waals surface area contributed by atoms with Crippen molar-refractivity contribution in [1.29, 1.82) is 0 Å². The van der Waals surface area contributed by atoms with E-state index in [0.717, 1.165) is 31.2 Å². The molecule has 0 aliphatic heterocycles. The van der Waals surface area contributed by atoms with Crippen LogP contribution in [0.15, 0.2) is 18.2 Å². The fraction of sp³-hybridized carbons (Fsp3) is 0.471. The molecule has 0 bridgehead atoms. The van der Waals surface area contributed by atoms with Crippen LogP contribution in [0.4, 0.5) is 0 Å². The van der Waals surface area contributed by atoms with Crippen LogP contribution in [-0.2, 0) is 4.79 Å². The van der Waals surface area contributed by atoms with Crippen LogP contribution in [0.25, 0.3) is 0 Å². The molecule has 0 unspecified atom stereocenters. The first-order valence-corrected chi connectivity index (χ1v) is 7.55. The molecule has 0 radical (unpaired) electrons. The van der Waals surface area contributed by atoms with E-state index in [9.17, 15) is 14.4 Å². The van der Waals surface area contributed by atoms with Gasteiger partial charge in [-0.05, 0) is 38.3 Å². The Bertz CT molecular complexity index is 603. The molecular weight excluding hydrogens is 282 g/mol. The molecule has 1 saturated carbocycles. The predicted molar refractivity (Wildman–Crippen MR) is 82.1 cm³/mol. The molecule has 1 amide bonds. The third-order valence-electron chi connectivity index (χ3n) is 4.19. The molecule has 1 fully saturated rings. The highest BCUT2D eigenvalue weighted by molar-refractivity contribution is 6.08. The molecule has 5 heteroatoms. The number of aliphatic carboxylic acids is 1. The van der Waals surface area contributed by atoms with E-state index < -0.39 is 5.97 Å². The first-order valence-electron chi connectivity index (χ1n) is 7.55. The van der Waals surface area contributed by atoms with Gasteiger partial charge < -0.3 is 10.0 Å². The summed E-state index contributed by atoms with van der Waals surface area (Å²) in [5.41, 5.74) is 1.43. The van der Waals surface area contributed by atoms with E-state index in [1.54, 1.807) is 25.1 Å². The van der Waals surface area contributed by atoms with Gasteiger partial charge in [-0.25, -0.2) is 0 Å². The van der Waals surface area contributed by atoms with Gasteiger partial charge in [0.2, 0.25) is 0 Å². The SMILES string of the molecule is CC(=O)c1c(C)cccc1C(=O)N(CC(=O)O)C1CCCC1. The summed E-state index contributed by atoms with van der Waals surface area (Å²) in [4.78, 5) is 37.3. The Hall–Kier alpha value is -2.17. The van der Waals surface area contributed by atoms with E-state index in [1.165, 1.54) is 11.8 Å². The third kappa shape index (κ3) is 3.35. The van der Waals surface area contributed by atoms with Crippen molar-refractivity contribution in [3.8, 4) is 0 Å². The molecule has 1 aromatic carbocycles. The number of nitrogens with zero attached hydrogens (tertiary/aromatic N) is 1. The van der Waals surface area contributed by atoms with Gasteiger partial charge in [-0.15, -0.1) is 0 Å². The molecule has 0 aromatic heterocycles. The van der Waals surface area contributed by atoms with Gasteiger partial charge in [-0.3, -0.25) is 14.4 Å². The summed E-state index contributed by atoms with van der Waals surface area (Å²) >= 11 is 0. The number of carboxylic acids is 1. The van der Waals surface area contributed by atoms with Gasteiger partial charge in [0.25, 0.3) is 5.91 Å². The van der Waals surface area contributed by atoms with Crippen LogP contribution in [0.3, 0.4) is 0 Å². The highest BCUT2D eigenvalue weighted by Crippen LogP contribution is 2.26. The van der Waals surface area contributed by atoms with Crippen LogP contribution in [0, 0.1) is 6.92 Å². The Balaban J connectivity index is 2.40. The molecule has 5 nitrogen and oxygen atoms in total. The number of Topliss-reactive ketones (excluding diaryl/α,β-unsaturated/α-hetero) is 1. The average molecular weight is 303 g/mol. The molecule has 1 aromatic rings. The zero-order valence-electron chi connectivity index (χ0n) is 13.0. The number of amides is 1. The highest BCUT2D eigenvalue weighted by atomic mass is 16.4. The average Bonchev–Trinajstić information content (AvgIpc) is 2.97. The fourth-order valence-electron chi connectivity index (χ4n) is 3.20. The molecular formula is C17H21NO4. The number of benzene rings is 1. The lowest BCUT2D eigenvalue weighted by atomic mass is 9.97. The maximum Gasteiger partial charge on any atom is 0.323 e. The Morgan fingerprint density at radius 3 is 2.41 bits per heavy atom. The number of rotatable bonds is 5. The zero-order chi connectivity index (χ0) is 16.3. The lowest BCUT2D eigenvalue weighted by Crippen LogP contribution is -2.42. The summed E-state index contributed by atoms with van der Waals surface area (Å²) in [6.07, 6.45) is 3.64. The van der Waals surface area contributed by atoms with Crippen molar-refractivity contribution in [3.05, 3.63) is 34.9 Å². The number of carbonyl (C=O) groups excluding carboxylic acids is 2. The first-order chi connectivity index (χ1) is 10.4. The van der Waals surface area contributed by atoms with Crippen LogP contribution in [0.1, 0.15) is 58.9 Å².